The number of carbonyl (C=O) groups excluding carboxylic acids is 1. The van der Waals surface area contributed by atoms with Crippen LogP contribution in [0.15, 0.2) is 18.2 Å². The van der Waals surface area contributed by atoms with E-state index >= 15 is 0 Å². The van der Waals surface area contributed by atoms with Crippen LogP contribution in [0.2, 0.25) is 0 Å². The lowest BCUT2D eigenvalue weighted by Crippen LogP contribution is -2.55. The smallest absolute Gasteiger partial charge is 0.254 e. The van der Waals surface area contributed by atoms with Gasteiger partial charge in [0.15, 0.2) is 0 Å². The van der Waals surface area contributed by atoms with E-state index in [2.05, 4.69) is 22.9 Å². The van der Waals surface area contributed by atoms with Crippen LogP contribution in [0.1, 0.15) is 35.3 Å². The van der Waals surface area contributed by atoms with Gasteiger partial charge < -0.3 is 9.64 Å². The van der Waals surface area contributed by atoms with Gasteiger partial charge in [-0.1, -0.05) is 22.0 Å². The molecule has 1 atom stereocenters. The molecule has 1 aromatic carbocycles. The minimum Gasteiger partial charge on any atom is -0.368 e. The van der Waals surface area contributed by atoms with Gasteiger partial charge >= 0.3 is 0 Å². The molecule has 2 rings (SSSR count). The van der Waals surface area contributed by atoms with Crippen LogP contribution in [0.25, 0.3) is 0 Å². The highest BCUT2D eigenvalue weighted by Gasteiger charge is 2.35. The molecule has 1 aromatic rings. The number of aryl methyl sites for hydroxylation is 2. The minimum absolute atomic E-state index is 0.0502. The molecule has 0 spiro atoms. The van der Waals surface area contributed by atoms with Crippen LogP contribution in [0, 0.1) is 13.8 Å². The second-order valence-electron chi connectivity index (χ2n) is 6.14. The van der Waals surface area contributed by atoms with Gasteiger partial charge in [0.2, 0.25) is 0 Å². The molecular weight excluding hydrogens is 318 g/mol. The molecule has 20 heavy (non-hydrogen) atoms. The molecule has 1 amide bonds. The number of hydrogen-bond acceptors (Lipinski definition) is 2. The van der Waals surface area contributed by atoms with Gasteiger partial charge in [-0.05, 0) is 51.0 Å². The Morgan fingerprint density at radius 3 is 2.70 bits per heavy atom. The highest BCUT2D eigenvalue weighted by molar-refractivity contribution is 9.09. The fraction of sp³-hybridized carbons (Fsp3) is 0.562. The highest BCUT2D eigenvalue weighted by Crippen LogP contribution is 2.24. The van der Waals surface area contributed by atoms with E-state index in [4.69, 9.17) is 4.74 Å². The molecule has 0 aliphatic carbocycles. The quantitative estimate of drug-likeness (QED) is 0.773. The Morgan fingerprint density at radius 2 is 2.10 bits per heavy atom. The van der Waals surface area contributed by atoms with Gasteiger partial charge in [0.05, 0.1) is 11.7 Å². The average molecular weight is 340 g/mol. The second kappa shape index (κ2) is 5.86. The van der Waals surface area contributed by atoms with Crippen molar-refractivity contribution in [2.45, 2.75) is 39.4 Å². The predicted octanol–water partition coefficient (Wildman–Crippen LogP) is 3.32. The van der Waals surface area contributed by atoms with Crippen LogP contribution >= 0.6 is 15.9 Å². The van der Waals surface area contributed by atoms with Gasteiger partial charge in [-0.15, -0.1) is 0 Å². The maximum absolute atomic E-state index is 12.7. The first kappa shape index (κ1) is 15.5. The lowest BCUT2D eigenvalue weighted by atomic mass is 10.0. The molecule has 0 radical (unpaired) electrons. The van der Waals surface area contributed by atoms with E-state index < -0.39 is 0 Å². The van der Waals surface area contributed by atoms with Gasteiger partial charge in [0.25, 0.3) is 5.91 Å². The van der Waals surface area contributed by atoms with E-state index in [0.717, 1.165) is 16.5 Å². The molecule has 1 saturated heterocycles. The summed E-state index contributed by atoms with van der Waals surface area (Å²) in [5, 5.41) is 0.743. The number of amides is 1. The Balaban J connectivity index is 2.21. The summed E-state index contributed by atoms with van der Waals surface area (Å²) in [7, 11) is 0. The van der Waals surface area contributed by atoms with Gasteiger partial charge in [0, 0.05) is 24.0 Å². The number of nitrogens with zero attached hydrogens (tertiary/aromatic N) is 1. The molecule has 1 heterocycles. The Bertz CT molecular complexity index is 513. The normalized spacial score (nSPS) is 21.9. The number of hydrogen-bond donors (Lipinski definition) is 0. The number of halogens is 1. The SMILES string of the molecule is Cc1ccc(C(=O)N2CC(CBr)OC(C)(C)C2)cc1C. The average Bonchev–Trinajstić information content (AvgIpc) is 2.39. The molecule has 0 bridgehead atoms. The molecule has 110 valence electrons. The Kier molecular flexibility index (Phi) is 4.55. The highest BCUT2D eigenvalue weighted by atomic mass is 79.9. The largest absolute Gasteiger partial charge is 0.368 e. The van der Waals surface area contributed by atoms with Crippen molar-refractivity contribution < 1.29 is 9.53 Å². The topological polar surface area (TPSA) is 29.5 Å². The molecule has 4 heteroatoms. The number of rotatable bonds is 2. The predicted molar refractivity (Wildman–Crippen MR) is 84.6 cm³/mol. The maximum atomic E-state index is 12.7. The summed E-state index contributed by atoms with van der Waals surface area (Å²) in [5.74, 6) is 0.0930. The summed E-state index contributed by atoms with van der Waals surface area (Å²) in [4.78, 5) is 14.6. The summed E-state index contributed by atoms with van der Waals surface area (Å²) in [5.41, 5.74) is 2.83. The van der Waals surface area contributed by atoms with Crippen molar-refractivity contribution in [2.24, 2.45) is 0 Å². The zero-order valence-electron chi connectivity index (χ0n) is 12.6. The molecule has 1 aliphatic rings. The summed E-state index contributed by atoms with van der Waals surface area (Å²) in [6, 6.07) is 5.90. The molecule has 0 N–H and O–H groups in total. The lowest BCUT2D eigenvalue weighted by Gasteiger charge is -2.42. The Labute approximate surface area is 129 Å². The minimum atomic E-state index is -0.300. The number of alkyl halides is 1. The van der Waals surface area contributed by atoms with Crippen molar-refractivity contribution in [3.63, 3.8) is 0 Å². The Morgan fingerprint density at radius 1 is 1.40 bits per heavy atom. The zero-order chi connectivity index (χ0) is 14.9. The summed E-state index contributed by atoms with van der Waals surface area (Å²) in [6.45, 7) is 9.42. The first-order valence-corrected chi connectivity index (χ1v) is 8.05. The summed E-state index contributed by atoms with van der Waals surface area (Å²) < 4.78 is 5.94. The van der Waals surface area contributed by atoms with Gasteiger partial charge in [-0.3, -0.25) is 4.79 Å². The molecule has 1 fully saturated rings. The third kappa shape index (κ3) is 3.41. The fourth-order valence-corrected chi connectivity index (χ4v) is 2.92. The van der Waals surface area contributed by atoms with Gasteiger partial charge in [0.1, 0.15) is 0 Å². The monoisotopic (exact) mass is 339 g/mol. The van der Waals surface area contributed by atoms with Crippen molar-refractivity contribution in [3.05, 3.63) is 34.9 Å². The third-order valence-corrected chi connectivity index (χ3v) is 4.42. The molecule has 1 aliphatic heterocycles. The van der Waals surface area contributed by atoms with Crippen LogP contribution in [0.3, 0.4) is 0 Å². The molecule has 1 unspecified atom stereocenters. The summed E-state index contributed by atoms with van der Waals surface area (Å²) >= 11 is 3.45. The van der Waals surface area contributed by atoms with Crippen molar-refractivity contribution >= 4 is 21.8 Å². The van der Waals surface area contributed by atoms with Gasteiger partial charge in [-0.25, -0.2) is 0 Å². The zero-order valence-corrected chi connectivity index (χ0v) is 14.2. The number of benzene rings is 1. The van der Waals surface area contributed by atoms with Crippen LogP contribution in [0.5, 0.6) is 0 Å². The van der Waals surface area contributed by atoms with Crippen LogP contribution in [-0.2, 0) is 4.74 Å². The van der Waals surface area contributed by atoms with E-state index in [1.165, 1.54) is 5.56 Å². The first-order chi connectivity index (χ1) is 9.32. The van der Waals surface area contributed by atoms with Gasteiger partial charge in [-0.2, -0.15) is 0 Å². The van der Waals surface area contributed by atoms with E-state index in [1.807, 2.05) is 43.9 Å². The summed E-state index contributed by atoms with van der Waals surface area (Å²) in [6.07, 6.45) is 0.0502. The third-order valence-electron chi connectivity index (χ3n) is 3.69. The molecule has 3 nitrogen and oxygen atoms in total. The maximum Gasteiger partial charge on any atom is 0.254 e. The van der Waals surface area contributed by atoms with Crippen molar-refractivity contribution in [3.8, 4) is 0 Å². The van der Waals surface area contributed by atoms with Crippen molar-refractivity contribution in [1.82, 2.24) is 4.90 Å². The second-order valence-corrected chi connectivity index (χ2v) is 6.79. The first-order valence-electron chi connectivity index (χ1n) is 6.93. The van der Waals surface area contributed by atoms with Crippen molar-refractivity contribution in [2.75, 3.05) is 18.4 Å². The van der Waals surface area contributed by atoms with Crippen LogP contribution in [0.4, 0.5) is 0 Å². The van der Waals surface area contributed by atoms with E-state index in [1.54, 1.807) is 0 Å². The molecule has 0 saturated carbocycles. The fourth-order valence-electron chi connectivity index (χ4n) is 2.59. The van der Waals surface area contributed by atoms with Crippen LogP contribution in [-0.4, -0.2) is 40.9 Å². The van der Waals surface area contributed by atoms with E-state index in [0.29, 0.717) is 13.1 Å². The standard InChI is InChI=1S/C16H22BrNO2/c1-11-5-6-13(7-12(11)2)15(19)18-9-14(8-17)20-16(3,4)10-18/h5-7,14H,8-10H2,1-4H3. The van der Waals surface area contributed by atoms with Crippen molar-refractivity contribution in [1.29, 1.82) is 0 Å². The number of carbonyl (C=O) groups is 1. The molecular formula is C16H22BrNO2. The Hall–Kier alpha value is -0.870. The number of ether oxygens (including phenoxy) is 1. The lowest BCUT2D eigenvalue weighted by molar-refractivity contribution is -0.116. The van der Waals surface area contributed by atoms with E-state index in [9.17, 15) is 4.79 Å². The van der Waals surface area contributed by atoms with E-state index in [-0.39, 0.29) is 17.6 Å². The molecule has 0 aromatic heterocycles. The van der Waals surface area contributed by atoms with Crippen LogP contribution < -0.4 is 0 Å². The number of morpholine rings is 1.